The van der Waals surface area contributed by atoms with Crippen LogP contribution in [0.15, 0.2) is 57.2 Å². The smallest absolute Gasteiger partial charge is 0.331 e. The van der Waals surface area contributed by atoms with E-state index in [1.165, 1.54) is 26.4 Å². The lowest BCUT2D eigenvalue weighted by Crippen LogP contribution is -2.33. The number of hydrogen-bond acceptors (Lipinski definition) is 8. The lowest BCUT2D eigenvalue weighted by molar-refractivity contribution is 0.0952. The Morgan fingerprint density at radius 2 is 1.85 bits per heavy atom. The average Bonchev–Trinajstić information content (AvgIpc) is 2.80. The van der Waals surface area contributed by atoms with Crippen LogP contribution in [0, 0.1) is 0 Å². The number of para-hydroxylation sites is 1. The van der Waals surface area contributed by atoms with Crippen molar-refractivity contribution in [3.05, 3.63) is 80.0 Å². The van der Waals surface area contributed by atoms with E-state index in [0.717, 1.165) is 16.3 Å². The van der Waals surface area contributed by atoms with Gasteiger partial charge in [-0.1, -0.05) is 18.2 Å². The van der Waals surface area contributed by atoms with Crippen LogP contribution in [0.2, 0.25) is 0 Å². The molecular weight excluding hydrogens is 432 g/mol. The van der Waals surface area contributed by atoms with Crippen LogP contribution in [0.1, 0.15) is 21.5 Å². The molecule has 3 aromatic rings. The molecule has 0 radical (unpaired) electrons. The molecule has 0 bridgehead atoms. The summed E-state index contributed by atoms with van der Waals surface area (Å²) >= 11 is 0. The number of carbonyl (C=O) groups is 1. The molecule has 0 fully saturated rings. The number of ether oxygens (including phenoxy) is 2. The Kier molecular flexibility index (Phi) is 7.13. The Bertz CT molecular complexity index is 1310. The van der Waals surface area contributed by atoms with E-state index in [9.17, 15) is 24.6 Å². The predicted molar refractivity (Wildman–Crippen MR) is 119 cm³/mol. The van der Waals surface area contributed by atoms with Gasteiger partial charge in [0.15, 0.2) is 11.5 Å². The lowest BCUT2D eigenvalue weighted by atomic mass is 10.1. The standard InChI is InChI=1S/C22H22N4O7/c1-32-17-8-7-13(11-18(17)33-2)9-10-26-21(30)15(19(28)24-22(26)31)12-23-25-20(29)14-5-3-4-6-16(14)27/h3-8,11-12,27,30H,9-10H2,1-2H3,(H,25,29)(H,24,28,31)/b23-12+. The number of hydrogen-bond donors (Lipinski definition) is 4. The number of aromatic hydroxyl groups is 2. The van der Waals surface area contributed by atoms with Crippen LogP contribution in [-0.4, -0.2) is 46.1 Å². The molecule has 1 heterocycles. The number of rotatable bonds is 8. The molecule has 0 saturated carbocycles. The van der Waals surface area contributed by atoms with Crippen LogP contribution >= 0.6 is 0 Å². The van der Waals surface area contributed by atoms with E-state index in [-0.39, 0.29) is 23.4 Å². The van der Waals surface area contributed by atoms with E-state index < -0.39 is 23.0 Å². The second kappa shape index (κ2) is 10.2. The first-order valence-electron chi connectivity index (χ1n) is 9.74. The van der Waals surface area contributed by atoms with Crippen molar-refractivity contribution in [2.75, 3.05) is 14.2 Å². The highest BCUT2D eigenvalue weighted by atomic mass is 16.5. The molecule has 172 valence electrons. The van der Waals surface area contributed by atoms with Crippen molar-refractivity contribution in [1.29, 1.82) is 0 Å². The molecule has 2 aromatic carbocycles. The summed E-state index contributed by atoms with van der Waals surface area (Å²) in [7, 11) is 3.02. The molecule has 1 amide bonds. The second-order valence-corrected chi connectivity index (χ2v) is 6.80. The Balaban J connectivity index is 1.79. The third-order valence-corrected chi connectivity index (χ3v) is 4.79. The summed E-state index contributed by atoms with van der Waals surface area (Å²) in [5, 5.41) is 23.8. The highest BCUT2D eigenvalue weighted by Gasteiger charge is 2.14. The van der Waals surface area contributed by atoms with Crippen LogP contribution < -0.4 is 26.1 Å². The molecular formula is C22H22N4O7. The summed E-state index contributed by atoms with van der Waals surface area (Å²) in [5.41, 5.74) is 0.940. The zero-order valence-electron chi connectivity index (χ0n) is 17.9. The molecule has 4 N–H and O–H groups in total. The highest BCUT2D eigenvalue weighted by Crippen LogP contribution is 2.28. The van der Waals surface area contributed by atoms with Gasteiger partial charge in [-0.25, -0.2) is 10.2 Å². The molecule has 11 heteroatoms. The van der Waals surface area contributed by atoms with Gasteiger partial charge in [0, 0.05) is 6.54 Å². The van der Waals surface area contributed by atoms with Crippen LogP contribution in [-0.2, 0) is 13.0 Å². The highest BCUT2D eigenvalue weighted by molar-refractivity contribution is 5.97. The zero-order chi connectivity index (χ0) is 24.0. The van der Waals surface area contributed by atoms with Crippen LogP contribution in [0.4, 0.5) is 0 Å². The van der Waals surface area contributed by atoms with E-state index in [1.807, 2.05) is 0 Å². The average molecular weight is 454 g/mol. The van der Waals surface area contributed by atoms with E-state index in [0.29, 0.717) is 17.9 Å². The minimum atomic E-state index is -0.875. The number of nitrogens with one attached hydrogen (secondary N) is 2. The number of nitrogens with zero attached hydrogens (tertiary/aromatic N) is 2. The maximum atomic E-state index is 12.2. The van der Waals surface area contributed by atoms with Crippen molar-refractivity contribution in [1.82, 2.24) is 15.0 Å². The summed E-state index contributed by atoms with van der Waals surface area (Å²) in [4.78, 5) is 38.6. The first-order valence-corrected chi connectivity index (χ1v) is 9.74. The second-order valence-electron chi connectivity index (χ2n) is 6.80. The Labute approximate surface area is 187 Å². The molecule has 0 spiro atoms. The number of amides is 1. The van der Waals surface area contributed by atoms with E-state index in [4.69, 9.17) is 9.47 Å². The van der Waals surface area contributed by atoms with Crippen molar-refractivity contribution >= 4 is 12.1 Å². The fraction of sp³-hybridized carbons (Fsp3) is 0.182. The van der Waals surface area contributed by atoms with E-state index >= 15 is 0 Å². The molecule has 3 rings (SSSR count). The summed E-state index contributed by atoms with van der Waals surface area (Å²) in [6.45, 7) is 0.0437. The summed E-state index contributed by atoms with van der Waals surface area (Å²) in [6, 6.07) is 11.1. The van der Waals surface area contributed by atoms with Crippen molar-refractivity contribution in [2.45, 2.75) is 13.0 Å². The number of phenols is 1. The van der Waals surface area contributed by atoms with Crippen molar-refractivity contribution in [3.63, 3.8) is 0 Å². The first kappa shape index (κ1) is 23.1. The molecule has 0 aliphatic rings. The van der Waals surface area contributed by atoms with Gasteiger partial charge in [-0.15, -0.1) is 0 Å². The quantitative estimate of drug-likeness (QED) is 0.292. The van der Waals surface area contributed by atoms with Gasteiger partial charge in [0.2, 0.25) is 5.88 Å². The zero-order valence-corrected chi connectivity index (χ0v) is 17.9. The normalized spacial score (nSPS) is 10.8. The predicted octanol–water partition coefficient (Wildman–Crippen LogP) is 0.972. The Morgan fingerprint density at radius 3 is 2.55 bits per heavy atom. The van der Waals surface area contributed by atoms with Gasteiger partial charge in [0.1, 0.15) is 11.3 Å². The Hall–Kier alpha value is -4.54. The third kappa shape index (κ3) is 5.21. The minimum absolute atomic E-state index is 0.0207. The number of aromatic amines is 1. The molecule has 0 unspecified atom stereocenters. The van der Waals surface area contributed by atoms with Crippen molar-refractivity contribution in [2.24, 2.45) is 5.10 Å². The Morgan fingerprint density at radius 1 is 1.12 bits per heavy atom. The molecule has 0 atom stereocenters. The van der Waals surface area contributed by atoms with E-state index in [2.05, 4.69) is 15.5 Å². The van der Waals surface area contributed by atoms with Crippen LogP contribution in [0.5, 0.6) is 23.1 Å². The van der Waals surface area contributed by atoms with Gasteiger partial charge in [-0.3, -0.25) is 19.1 Å². The molecule has 0 aliphatic carbocycles. The van der Waals surface area contributed by atoms with Gasteiger partial charge >= 0.3 is 5.69 Å². The fourth-order valence-corrected chi connectivity index (χ4v) is 3.06. The molecule has 0 saturated heterocycles. The molecule has 33 heavy (non-hydrogen) atoms. The summed E-state index contributed by atoms with van der Waals surface area (Å²) in [6.07, 6.45) is 1.25. The van der Waals surface area contributed by atoms with Gasteiger partial charge in [0.25, 0.3) is 11.5 Å². The van der Waals surface area contributed by atoms with Gasteiger partial charge in [-0.2, -0.15) is 5.10 Å². The maximum Gasteiger partial charge on any atom is 0.331 e. The van der Waals surface area contributed by atoms with Gasteiger partial charge in [0.05, 0.1) is 26.0 Å². The minimum Gasteiger partial charge on any atom is -0.507 e. The van der Waals surface area contributed by atoms with Crippen LogP contribution in [0.25, 0.3) is 0 Å². The third-order valence-electron chi connectivity index (χ3n) is 4.79. The van der Waals surface area contributed by atoms with Crippen molar-refractivity contribution < 1.29 is 24.5 Å². The number of H-pyrrole nitrogens is 1. The fourth-order valence-electron chi connectivity index (χ4n) is 3.06. The number of aryl methyl sites for hydroxylation is 1. The largest absolute Gasteiger partial charge is 0.507 e. The topological polar surface area (TPSA) is 155 Å². The molecule has 11 nitrogen and oxygen atoms in total. The number of aromatic nitrogens is 2. The summed E-state index contributed by atoms with van der Waals surface area (Å²) in [5.74, 6) is -0.503. The van der Waals surface area contributed by atoms with Gasteiger partial charge < -0.3 is 19.7 Å². The van der Waals surface area contributed by atoms with Crippen LogP contribution in [0.3, 0.4) is 0 Å². The lowest BCUT2D eigenvalue weighted by Gasteiger charge is -2.12. The van der Waals surface area contributed by atoms with E-state index in [1.54, 1.807) is 30.3 Å². The summed E-state index contributed by atoms with van der Waals surface area (Å²) < 4.78 is 11.4. The number of hydrazone groups is 1. The molecule has 1 aromatic heterocycles. The number of benzene rings is 2. The number of carbonyl (C=O) groups excluding carboxylic acids is 1. The SMILES string of the molecule is COc1ccc(CCn2c(O)c(/C=N/NC(=O)c3ccccc3O)c(=O)[nH]c2=O)cc1OC. The van der Waals surface area contributed by atoms with Crippen molar-refractivity contribution in [3.8, 4) is 23.1 Å². The van der Waals surface area contributed by atoms with Gasteiger partial charge in [-0.05, 0) is 36.2 Å². The molecule has 0 aliphatic heterocycles. The maximum absolute atomic E-state index is 12.2. The first-order chi connectivity index (χ1) is 15.8. The monoisotopic (exact) mass is 454 g/mol. The number of methoxy groups -OCH3 is 2. The number of phenolic OH excluding ortho intramolecular Hbond substituents is 1.